The van der Waals surface area contributed by atoms with Crippen molar-refractivity contribution in [1.29, 1.82) is 0 Å². The number of carbonyl (C=O) groups excluding carboxylic acids is 12. The average molecular weight is 1270 g/mol. The molecule has 2 fully saturated rings. The highest BCUT2D eigenvalue weighted by molar-refractivity contribution is 6.00. The summed E-state index contributed by atoms with van der Waals surface area (Å²) in [7, 11) is 9.79. The molecule has 2 aliphatic rings. The molecule has 2 heterocycles. The summed E-state index contributed by atoms with van der Waals surface area (Å²) in [5, 5.41) is 14.3. The minimum atomic E-state index is -1.50. The second kappa shape index (κ2) is 34.5. The predicted octanol–water partition coefficient (Wildman–Crippen LogP) is 3.32. The van der Waals surface area contributed by atoms with E-state index in [1.807, 2.05) is 67.5 Å². The highest BCUT2D eigenvalue weighted by atomic mass is 16.7. The lowest BCUT2D eigenvalue weighted by Gasteiger charge is -2.50. The van der Waals surface area contributed by atoms with E-state index in [0.29, 0.717) is 6.42 Å². The zero-order valence-corrected chi connectivity index (χ0v) is 58.6. The molecule has 90 heavy (non-hydrogen) atoms. The number of carbonyl (C=O) groups is 12. The first-order chi connectivity index (χ1) is 41.6. The van der Waals surface area contributed by atoms with Crippen LogP contribution in [-0.4, -0.2) is 234 Å². The Balaban J connectivity index is 3.03. The molecular formula is C64H112N12O14. The Bertz CT molecular complexity index is 2570. The Morgan fingerprint density at radius 3 is 1.53 bits per heavy atom. The summed E-state index contributed by atoms with van der Waals surface area (Å²) in [5.41, 5.74) is -1.39. The molecule has 0 aliphatic carbocycles. The highest BCUT2D eigenvalue weighted by Gasteiger charge is 2.55. The van der Waals surface area contributed by atoms with E-state index < -0.39 is 167 Å². The van der Waals surface area contributed by atoms with Gasteiger partial charge in [0.2, 0.25) is 59.1 Å². The van der Waals surface area contributed by atoms with Crippen LogP contribution < -0.4 is 26.6 Å². The molecular weight excluding hydrogens is 1160 g/mol. The molecule has 0 unspecified atom stereocenters. The van der Waals surface area contributed by atoms with Crippen molar-refractivity contribution in [2.75, 3.05) is 55.9 Å². The van der Waals surface area contributed by atoms with Crippen LogP contribution in [-0.2, 0) is 62.3 Å². The van der Waals surface area contributed by atoms with Crippen LogP contribution in [0.25, 0.3) is 0 Å². The van der Waals surface area contributed by atoms with E-state index in [2.05, 4.69) is 26.6 Å². The summed E-state index contributed by atoms with van der Waals surface area (Å²) < 4.78 is 5.46. The quantitative estimate of drug-likeness (QED) is 0.147. The fraction of sp³-hybridized carbons (Fsp3) is 0.781. The highest BCUT2D eigenvalue weighted by Crippen LogP contribution is 2.34. The maximum Gasteiger partial charge on any atom is 0.406 e. The van der Waals surface area contributed by atoms with Crippen LogP contribution in [0.2, 0.25) is 0 Å². The van der Waals surface area contributed by atoms with E-state index in [1.165, 1.54) is 89.7 Å². The van der Waals surface area contributed by atoms with Crippen LogP contribution in [0, 0.1) is 40.9 Å². The van der Waals surface area contributed by atoms with Crippen molar-refractivity contribution in [3.05, 3.63) is 12.2 Å². The summed E-state index contributed by atoms with van der Waals surface area (Å²) in [6.07, 6.45) is 2.89. The largest absolute Gasteiger partial charge is 0.449 e. The van der Waals surface area contributed by atoms with Gasteiger partial charge in [-0.05, 0) is 95.3 Å². The van der Waals surface area contributed by atoms with Gasteiger partial charge in [-0.15, -0.1) is 0 Å². The minimum Gasteiger partial charge on any atom is -0.449 e. The van der Waals surface area contributed by atoms with Crippen molar-refractivity contribution in [2.24, 2.45) is 40.9 Å². The van der Waals surface area contributed by atoms with Crippen LogP contribution >= 0.6 is 0 Å². The van der Waals surface area contributed by atoms with Crippen LogP contribution in [0.3, 0.4) is 0 Å². The van der Waals surface area contributed by atoms with Crippen molar-refractivity contribution in [3.63, 3.8) is 0 Å². The number of hydrogen-bond acceptors (Lipinski definition) is 14. The monoisotopic (exact) mass is 1270 g/mol. The van der Waals surface area contributed by atoms with Gasteiger partial charge in [-0.1, -0.05) is 109 Å². The third-order valence-electron chi connectivity index (χ3n) is 17.2. The molecule has 0 aromatic rings. The molecule has 0 aromatic carbocycles. The summed E-state index contributed by atoms with van der Waals surface area (Å²) in [6.45, 7) is 30.3. The lowest BCUT2D eigenvalue weighted by molar-refractivity contribution is -0.321. The number of rotatable bonds is 15. The molecule has 0 radical (unpaired) electrons. The second-order valence-corrected chi connectivity index (χ2v) is 27.3. The molecule has 0 saturated carbocycles. The number of likely N-dealkylation sites (N-methyl/N-ethyl adjacent to an activating group) is 6. The number of fused-ring (bicyclic) bond motifs is 1. The molecule has 13 atom stereocenters. The molecule has 0 bridgehead atoms. The van der Waals surface area contributed by atoms with Gasteiger partial charge in [0.15, 0.2) is 6.04 Å². The lowest BCUT2D eigenvalue weighted by Crippen LogP contribution is -2.72. The fourth-order valence-electron chi connectivity index (χ4n) is 11.5. The molecule has 5 N–H and O–H groups in total. The van der Waals surface area contributed by atoms with Gasteiger partial charge in [-0.3, -0.25) is 57.6 Å². The molecule has 512 valence electrons. The third kappa shape index (κ3) is 20.1. The number of allylic oxidation sites excluding steroid dienone is 2. The zero-order valence-electron chi connectivity index (χ0n) is 58.6. The average Bonchev–Trinajstić information content (AvgIpc) is 0.786. The SMILES string of the molecule is C/C=C/C[C@@H](C)[C@H]1ON2C(=O)[C@H](C(C)C)N(C)C(=O)[C@H](CC(C)C)N(C)C(=O)[C@H](CC(C)C)N(C)C(=O)[C@@H](C)NC(=O)[C@H](C)NC(=O)[C@H](CC(C)C)N(C)C(=O)[C@H](C(C)C)NC(=O)[C@H](C(C)(C)COC(=O)NC)N(C)C(=O)[C@@H](C)N(C)C(=O)[C@H](CC)NC(=O)[C@H]12. The van der Waals surface area contributed by atoms with Gasteiger partial charge in [0.1, 0.15) is 73.1 Å². The number of nitrogens with zero attached hydrogens (tertiary/aromatic N) is 7. The summed E-state index contributed by atoms with van der Waals surface area (Å²) >= 11 is 0. The smallest absolute Gasteiger partial charge is 0.406 e. The van der Waals surface area contributed by atoms with Crippen molar-refractivity contribution in [1.82, 2.24) is 61.0 Å². The normalized spacial score (nSPS) is 27.8. The van der Waals surface area contributed by atoms with Gasteiger partial charge < -0.3 is 60.7 Å². The van der Waals surface area contributed by atoms with E-state index >= 15 is 14.4 Å². The second-order valence-electron chi connectivity index (χ2n) is 27.3. The van der Waals surface area contributed by atoms with Crippen LogP contribution in [0.1, 0.15) is 157 Å². The minimum absolute atomic E-state index is 0.0179. The van der Waals surface area contributed by atoms with E-state index in [4.69, 9.17) is 9.57 Å². The van der Waals surface area contributed by atoms with E-state index in [9.17, 15) is 43.2 Å². The van der Waals surface area contributed by atoms with Gasteiger partial charge in [0.05, 0.1) is 0 Å². The molecule has 26 nitrogen and oxygen atoms in total. The van der Waals surface area contributed by atoms with Gasteiger partial charge in [-0.2, -0.15) is 0 Å². The maximum absolute atomic E-state index is 15.1. The van der Waals surface area contributed by atoms with Crippen LogP contribution in [0.15, 0.2) is 12.2 Å². The molecule has 2 saturated heterocycles. The number of hydroxylamine groups is 2. The molecule has 2 rings (SSSR count). The Kier molecular flexibility index (Phi) is 30.4. The van der Waals surface area contributed by atoms with E-state index in [0.717, 1.165) is 14.9 Å². The first-order valence-corrected chi connectivity index (χ1v) is 31.8. The lowest BCUT2D eigenvalue weighted by atomic mass is 9.83. The first-order valence-electron chi connectivity index (χ1n) is 31.8. The van der Waals surface area contributed by atoms with Crippen molar-refractivity contribution < 1.29 is 67.1 Å². The Morgan fingerprint density at radius 1 is 0.567 bits per heavy atom. The van der Waals surface area contributed by atoms with Crippen LogP contribution in [0.4, 0.5) is 4.79 Å². The topological polar surface area (TPSA) is 306 Å². The first kappa shape index (κ1) is 79.2. The van der Waals surface area contributed by atoms with Gasteiger partial charge in [0, 0.05) is 54.7 Å². The fourth-order valence-corrected chi connectivity index (χ4v) is 11.5. The van der Waals surface area contributed by atoms with Crippen molar-refractivity contribution >= 4 is 71.1 Å². The van der Waals surface area contributed by atoms with Crippen molar-refractivity contribution in [3.8, 4) is 0 Å². The maximum atomic E-state index is 15.1. The predicted molar refractivity (Wildman–Crippen MR) is 341 cm³/mol. The molecule has 0 spiro atoms. The number of alkyl carbamates (subject to hydrolysis) is 1. The molecule has 2 aliphatic heterocycles. The summed E-state index contributed by atoms with van der Waals surface area (Å²) in [6, 6.07) is -14.0. The summed E-state index contributed by atoms with van der Waals surface area (Å²) in [4.78, 5) is 188. The van der Waals surface area contributed by atoms with Gasteiger partial charge in [0.25, 0.3) is 5.91 Å². The Hall–Kier alpha value is -6.86. The van der Waals surface area contributed by atoms with Crippen LogP contribution in [0.5, 0.6) is 0 Å². The standard InChI is InChI=1S/C64H112N12O14/c1-26-28-29-39(13)50-49-54(79)68-43(27-2)58(83)70(20)42(16)57(82)75(25)51(64(17,18)33-89-63(88)65-19)55(80)69-47(37(9)10)61(86)71(21)44(30-34(3)4)53(78)66-40(14)52(77)67-41(15)56(81)72(22)45(31-35(5)6)59(84)73(23)46(32-36(7)8)60(85)74(24)48(38(11)12)62(87)76(49)90-50/h26,28,34-51H,27,29-33H2,1-25H3,(H,65,88)(H,66,78)(H,67,77)(H,68,79)(H,69,80)/b28-26+/t39-,40+,41-,42-,43+,44+,45+,46+,47+,48+,49+,50-,51-/m1/s1. The van der Waals surface area contributed by atoms with Gasteiger partial charge in [-0.25, -0.2) is 9.86 Å². The van der Waals surface area contributed by atoms with E-state index in [-0.39, 0.29) is 49.4 Å². The summed E-state index contributed by atoms with van der Waals surface area (Å²) in [5.74, 6) is -9.86. The number of nitrogens with one attached hydrogen (secondary N) is 5. The number of ether oxygens (including phenoxy) is 1. The third-order valence-corrected chi connectivity index (χ3v) is 17.2. The number of amides is 12. The van der Waals surface area contributed by atoms with Gasteiger partial charge >= 0.3 is 6.09 Å². The van der Waals surface area contributed by atoms with Crippen molar-refractivity contribution in [2.45, 2.75) is 229 Å². The number of hydrogen-bond donors (Lipinski definition) is 5. The molecule has 0 aromatic heterocycles. The molecule has 12 amide bonds. The zero-order chi connectivity index (χ0) is 69.5. The van der Waals surface area contributed by atoms with E-state index in [1.54, 1.807) is 48.5 Å². The Labute approximate surface area is 535 Å². The molecule has 26 heteroatoms. The Morgan fingerprint density at radius 2 is 1.06 bits per heavy atom.